The van der Waals surface area contributed by atoms with Crippen LogP contribution in [0, 0.1) is 0 Å². The molecule has 0 saturated carbocycles. The predicted molar refractivity (Wildman–Crippen MR) is 40.0 cm³/mol. The van der Waals surface area contributed by atoms with Gasteiger partial charge in [-0.1, -0.05) is 11.6 Å². The average Bonchev–Trinajstić information content (AvgIpc) is 1.87. The molecule has 0 aromatic rings. The molecular weight excluding hydrogens is 176 g/mol. The van der Waals surface area contributed by atoms with E-state index in [4.69, 9.17) is 16.7 Å². The number of rotatable bonds is 3. The Morgan fingerprint density at radius 1 is 1.80 bits per heavy atom. The Kier molecular flexibility index (Phi) is 4.14. The number of thiol groups is 1. The van der Waals surface area contributed by atoms with Crippen LogP contribution in [0.3, 0.4) is 0 Å². The van der Waals surface area contributed by atoms with E-state index in [1.807, 2.05) is 0 Å². The summed E-state index contributed by atoms with van der Waals surface area (Å²) < 4.78 is 0. The largest absolute Gasteiger partial charge is 0.477 e. The maximum absolute atomic E-state index is 9.99. The smallest absolute Gasteiger partial charge is 0.347 e. The molecule has 10 heavy (non-hydrogen) atoms. The lowest BCUT2D eigenvalue weighted by Crippen LogP contribution is -2.00. The van der Waals surface area contributed by atoms with Crippen molar-refractivity contribution in [2.75, 3.05) is 0 Å². The van der Waals surface area contributed by atoms with E-state index in [2.05, 4.69) is 12.6 Å². The normalized spacial score (nSPS) is 14.4. The van der Waals surface area contributed by atoms with Crippen molar-refractivity contribution in [3.05, 3.63) is 11.1 Å². The molecule has 0 heterocycles. The molecule has 0 bridgehead atoms. The monoisotopic (exact) mass is 179 g/mol. The fraction of sp³-hybridized carbons (Fsp3) is 0.200. The van der Waals surface area contributed by atoms with Gasteiger partial charge in [-0.25, -0.2) is 4.79 Å². The van der Waals surface area contributed by atoms with Crippen LogP contribution in [-0.2, 0) is 9.59 Å². The van der Waals surface area contributed by atoms with Gasteiger partial charge in [-0.2, -0.15) is 12.6 Å². The second-order valence-electron chi connectivity index (χ2n) is 1.38. The summed E-state index contributed by atoms with van der Waals surface area (Å²) >= 11 is 8.74. The van der Waals surface area contributed by atoms with E-state index in [1.165, 1.54) is 6.29 Å². The van der Waals surface area contributed by atoms with Crippen molar-refractivity contribution in [3.8, 4) is 0 Å². The minimum Gasteiger partial charge on any atom is -0.477 e. The van der Waals surface area contributed by atoms with Gasteiger partial charge in [0.05, 0.1) is 5.25 Å². The molecule has 0 amide bonds. The quantitative estimate of drug-likeness (QED) is 0.493. The molecule has 1 unspecified atom stereocenters. The second-order valence-corrected chi connectivity index (χ2v) is 2.35. The summed E-state index contributed by atoms with van der Waals surface area (Å²) in [6.45, 7) is 0. The molecule has 0 aromatic heterocycles. The van der Waals surface area contributed by atoms with Gasteiger partial charge in [-0.15, -0.1) is 0 Å². The Bertz CT molecular complexity index is 178. The maximum atomic E-state index is 9.99. The molecule has 55 valence electrons. The topological polar surface area (TPSA) is 54.4 Å². The number of halogens is 1. The van der Waals surface area contributed by atoms with Gasteiger partial charge in [-0.3, -0.25) is 4.79 Å². The molecular formula is C5H4ClO3S. The number of carbonyl (C=O) groups excluding carboxylic acids is 1. The first-order valence-corrected chi connectivity index (χ1v) is 3.13. The molecule has 0 aliphatic heterocycles. The molecule has 0 fully saturated rings. The van der Waals surface area contributed by atoms with Gasteiger partial charge in [0.2, 0.25) is 6.29 Å². The van der Waals surface area contributed by atoms with E-state index < -0.39 is 16.3 Å². The fourth-order valence-corrected chi connectivity index (χ4v) is 0.607. The molecule has 1 N–H and O–H groups in total. The van der Waals surface area contributed by atoms with Gasteiger partial charge >= 0.3 is 5.97 Å². The Labute approximate surface area is 68.1 Å². The first-order valence-electron chi connectivity index (χ1n) is 2.24. The zero-order chi connectivity index (χ0) is 8.15. The molecule has 1 atom stereocenters. The highest BCUT2D eigenvalue weighted by atomic mass is 35.5. The van der Waals surface area contributed by atoms with Crippen LogP contribution in [0.1, 0.15) is 0 Å². The summed E-state index contributed by atoms with van der Waals surface area (Å²) in [5, 5.41) is 6.86. The van der Waals surface area contributed by atoms with E-state index in [9.17, 15) is 9.59 Å². The van der Waals surface area contributed by atoms with Crippen molar-refractivity contribution >= 4 is 36.5 Å². The first-order chi connectivity index (χ1) is 4.57. The fourth-order valence-electron chi connectivity index (χ4n) is 0.244. The van der Waals surface area contributed by atoms with Crippen LogP contribution in [-0.4, -0.2) is 22.6 Å². The van der Waals surface area contributed by atoms with E-state index in [1.54, 1.807) is 0 Å². The number of carboxylic acids is 1. The Hall–Kier alpha value is -0.480. The van der Waals surface area contributed by atoms with Crippen molar-refractivity contribution in [1.82, 2.24) is 0 Å². The predicted octanol–water partition coefficient (Wildman–Crippen LogP) is 0.602. The molecule has 1 radical (unpaired) electrons. The molecule has 0 aliphatic rings. The van der Waals surface area contributed by atoms with Crippen LogP contribution < -0.4 is 0 Å². The molecule has 3 nitrogen and oxygen atoms in total. The van der Waals surface area contributed by atoms with Crippen LogP contribution in [0.2, 0.25) is 0 Å². The minimum atomic E-state index is -1.28. The number of carboxylic acid groups (broad SMARTS) is 1. The molecule has 0 aliphatic carbocycles. The van der Waals surface area contributed by atoms with Crippen LogP contribution >= 0.6 is 24.2 Å². The summed E-state index contributed by atoms with van der Waals surface area (Å²) in [5.74, 6) is -1.28. The number of hydrogen-bond donors (Lipinski definition) is 2. The Morgan fingerprint density at radius 2 is 2.30 bits per heavy atom. The van der Waals surface area contributed by atoms with E-state index in [0.29, 0.717) is 0 Å². The summed E-state index contributed by atoms with van der Waals surface area (Å²) in [6.07, 6.45) is 2.43. The summed E-state index contributed by atoms with van der Waals surface area (Å²) in [6, 6.07) is 0. The van der Waals surface area contributed by atoms with Crippen LogP contribution in [0.25, 0.3) is 0 Å². The van der Waals surface area contributed by atoms with Gasteiger partial charge in [0.1, 0.15) is 5.03 Å². The highest BCUT2D eigenvalue weighted by Gasteiger charge is 2.05. The molecule has 5 heteroatoms. The van der Waals surface area contributed by atoms with Gasteiger partial charge in [0, 0.05) is 0 Å². The van der Waals surface area contributed by atoms with Crippen molar-refractivity contribution in [3.63, 3.8) is 0 Å². The zero-order valence-corrected chi connectivity index (χ0v) is 6.39. The molecule has 0 aromatic carbocycles. The lowest BCUT2D eigenvalue weighted by atomic mass is 10.4. The third-order valence-corrected chi connectivity index (χ3v) is 1.17. The van der Waals surface area contributed by atoms with E-state index >= 15 is 0 Å². The molecule has 0 saturated heterocycles. The SMILES string of the molecule is O=[C]C(S)C=C(Cl)C(=O)O. The third-order valence-electron chi connectivity index (χ3n) is 0.629. The van der Waals surface area contributed by atoms with Gasteiger partial charge in [0.25, 0.3) is 0 Å². The maximum Gasteiger partial charge on any atom is 0.347 e. The molecule has 0 spiro atoms. The van der Waals surface area contributed by atoms with Gasteiger partial charge in [-0.05, 0) is 6.08 Å². The second kappa shape index (κ2) is 4.35. The highest BCUT2D eigenvalue weighted by molar-refractivity contribution is 7.81. The first kappa shape index (κ1) is 9.52. The van der Waals surface area contributed by atoms with Gasteiger partial charge < -0.3 is 5.11 Å². The zero-order valence-electron chi connectivity index (χ0n) is 4.74. The van der Waals surface area contributed by atoms with E-state index in [0.717, 1.165) is 6.08 Å². The van der Waals surface area contributed by atoms with Crippen LogP contribution in [0.4, 0.5) is 0 Å². The average molecular weight is 180 g/mol. The highest BCUT2D eigenvalue weighted by Crippen LogP contribution is 2.04. The summed E-state index contributed by atoms with van der Waals surface area (Å²) in [5.41, 5.74) is 0. The standard InChI is InChI=1S/C5H4ClO3S/c6-4(5(8)9)1-3(10)2-7/h1,3,10H,(H,8,9). The molecule has 0 rings (SSSR count). The minimum absolute atomic E-state index is 0.427. The number of carbonyl (C=O) groups is 1. The number of hydrogen-bond acceptors (Lipinski definition) is 3. The van der Waals surface area contributed by atoms with Crippen LogP contribution in [0.5, 0.6) is 0 Å². The Balaban J connectivity index is 4.15. The lowest BCUT2D eigenvalue weighted by molar-refractivity contribution is -0.131. The van der Waals surface area contributed by atoms with E-state index in [-0.39, 0.29) is 0 Å². The third kappa shape index (κ3) is 3.53. The van der Waals surface area contributed by atoms with Gasteiger partial charge in [0.15, 0.2) is 0 Å². The van der Waals surface area contributed by atoms with Crippen molar-refractivity contribution in [2.45, 2.75) is 5.25 Å². The summed E-state index contributed by atoms with van der Waals surface area (Å²) in [7, 11) is 0. The van der Waals surface area contributed by atoms with Crippen molar-refractivity contribution in [2.24, 2.45) is 0 Å². The Morgan fingerprint density at radius 3 is 2.60 bits per heavy atom. The van der Waals surface area contributed by atoms with Crippen molar-refractivity contribution in [1.29, 1.82) is 0 Å². The lowest BCUT2D eigenvalue weighted by Gasteiger charge is -1.91. The summed E-state index contributed by atoms with van der Waals surface area (Å²) in [4.78, 5) is 19.8. The van der Waals surface area contributed by atoms with Crippen LogP contribution in [0.15, 0.2) is 11.1 Å². The number of aliphatic carboxylic acids is 1. The van der Waals surface area contributed by atoms with Crippen molar-refractivity contribution < 1.29 is 14.7 Å².